The zero-order valence-electron chi connectivity index (χ0n) is 19.4. The van der Waals surface area contributed by atoms with Crippen LogP contribution in [-0.4, -0.2) is 46.0 Å². The summed E-state index contributed by atoms with van der Waals surface area (Å²) in [5.74, 6) is 1.22. The fourth-order valence-corrected chi connectivity index (χ4v) is 6.05. The molecule has 1 aromatic heterocycles. The van der Waals surface area contributed by atoms with Crippen LogP contribution in [0.25, 0.3) is 11.4 Å². The smallest absolute Gasteiger partial charge is 0.269 e. The Labute approximate surface area is 195 Å². The first-order chi connectivity index (χ1) is 16.0. The lowest BCUT2D eigenvalue weighted by molar-refractivity contribution is -0.138. The van der Waals surface area contributed by atoms with Gasteiger partial charge in [-0.15, -0.1) is 0 Å². The molecule has 2 amide bonds. The van der Waals surface area contributed by atoms with Crippen LogP contribution >= 0.6 is 0 Å². The fourth-order valence-electron chi connectivity index (χ4n) is 6.05. The molecule has 3 atom stereocenters. The Morgan fingerprint density at radius 1 is 1.12 bits per heavy atom. The Morgan fingerprint density at radius 3 is 2.55 bits per heavy atom. The van der Waals surface area contributed by atoms with Crippen molar-refractivity contribution < 1.29 is 14.3 Å². The molecule has 7 heteroatoms. The number of nitrogens with zero attached hydrogens (tertiary/aromatic N) is 3. The van der Waals surface area contributed by atoms with Crippen LogP contribution in [0, 0.1) is 17.8 Å². The molecule has 3 aliphatic rings. The second-order valence-corrected chi connectivity index (χ2v) is 9.93. The number of fused-ring (bicyclic) bond motifs is 1. The molecule has 1 saturated heterocycles. The number of rotatable bonds is 5. The van der Waals surface area contributed by atoms with E-state index in [2.05, 4.69) is 11.5 Å². The van der Waals surface area contributed by atoms with Crippen molar-refractivity contribution in [2.75, 3.05) is 19.8 Å². The monoisotopic (exact) mass is 450 g/mol. The molecule has 33 heavy (non-hydrogen) atoms. The molecule has 2 aromatic rings. The highest BCUT2D eigenvalue weighted by atomic mass is 16.5. The predicted molar refractivity (Wildman–Crippen MR) is 125 cm³/mol. The molecule has 0 spiro atoms. The van der Waals surface area contributed by atoms with E-state index >= 15 is 0 Å². The van der Waals surface area contributed by atoms with Crippen LogP contribution < -0.4 is 5.73 Å². The predicted octanol–water partition coefficient (Wildman–Crippen LogP) is 3.79. The van der Waals surface area contributed by atoms with Crippen molar-refractivity contribution >= 4 is 11.8 Å². The quantitative estimate of drug-likeness (QED) is 0.750. The topological polar surface area (TPSA) is 90.4 Å². The number of amides is 2. The third-order valence-electron chi connectivity index (χ3n) is 7.95. The lowest BCUT2D eigenvalue weighted by Gasteiger charge is -2.42. The molecule has 2 unspecified atom stereocenters. The minimum Gasteiger partial charge on any atom is -0.381 e. The van der Waals surface area contributed by atoms with Crippen LogP contribution in [0.5, 0.6) is 0 Å². The standard InChI is InChI=1S/C26H34N4O3/c1-17(18-8-4-2-5-9-18)21-14-29(26(32)20-12-13-33-16-20)15-22-23(24(27)31)28-25(30(21)22)19-10-6-3-7-11-19/h3,6-7,10-11,17-18,20-21H,2,4-5,8-9,12-16H2,1H3,(H2,27,31)/t17-,20?,21?/m1/s1. The van der Waals surface area contributed by atoms with Gasteiger partial charge < -0.3 is 19.9 Å². The molecule has 0 radical (unpaired) electrons. The van der Waals surface area contributed by atoms with Gasteiger partial charge in [-0.1, -0.05) is 69.4 Å². The molecular weight excluding hydrogens is 416 g/mol. The lowest BCUT2D eigenvalue weighted by atomic mass is 9.77. The number of ether oxygens (including phenoxy) is 1. The number of hydrogen-bond donors (Lipinski definition) is 1. The Kier molecular flexibility index (Phi) is 6.23. The highest BCUT2D eigenvalue weighted by Crippen LogP contribution is 2.41. The summed E-state index contributed by atoms with van der Waals surface area (Å²) in [5.41, 5.74) is 7.83. The van der Waals surface area contributed by atoms with E-state index in [0.29, 0.717) is 38.1 Å². The van der Waals surface area contributed by atoms with Gasteiger partial charge in [-0.05, 0) is 18.3 Å². The molecule has 176 valence electrons. The molecule has 5 rings (SSSR count). The Balaban J connectivity index is 1.59. The van der Waals surface area contributed by atoms with E-state index in [1.54, 1.807) is 0 Å². The van der Waals surface area contributed by atoms with Gasteiger partial charge in [-0.3, -0.25) is 9.59 Å². The summed E-state index contributed by atoms with van der Waals surface area (Å²) in [6, 6.07) is 10.1. The van der Waals surface area contributed by atoms with E-state index in [1.807, 2.05) is 35.2 Å². The Morgan fingerprint density at radius 2 is 1.88 bits per heavy atom. The van der Waals surface area contributed by atoms with Gasteiger partial charge in [-0.2, -0.15) is 0 Å². The average molecular weight is 451 g/mol. The number of carbonyl (C=O) groups is 2. The lowest BCUT2D eigenvalue weighted by Crippen LogP contribution is -2.47. The largest absolute Gasteiger partial charge is 0.381 e. The SMILES string of the molecule is C[C@H](C1CCCCC1)C1CN(C(=O)C2CCOC2)Cc2c(C(N)=O)nc(-c3ccccc3)n21. The number of imidazole rings is 1. The van der Waals surface area contributed by atoms with Crippen LogP contribution in [0.3, 0.4) is 0 Å². The third kappa shape index (κ3) is 4.19. The van der Waals surface area contributed by atoms with Crippen molar-refractivity contribution in [3.05, 3.63) is 41.7 Å². The van der Waals surface area contributed by atoms with E-state index in [9.17, 15) is 9.59 Å². The maximum atomic E-state index is 13.4. The molecule has 0 bridgehead atoms. The van der Waals surface area contributed by atoms with Crippen LogP contribution in [0.4, 0.5) is 0 Å². The van der Waals surface area contributed by atoms with Gasteiger partial charge in [0.25, 0.3) is 5.91 Å². The summed E-state index contributed by atoms with van der Waals surface area (Å²) in [7, 11) is 0. The van der Waals surface area contributed by atoms with E-state index in [-0.39, 0.29) is 23.6 Å². The fraction of sp³-hybridized carbons (Fsp3) is 0.577. The van der Waals surface area contributed by atoms with Gasteiger partial charge in [0.05, 0.1) is 30.8 Å². The summed E-state index contributed by atoms with van der Waals surface area (Å²) in [5, 5.41) is 0. The molecule has 2 aliphatic heterocycles. The van der Waals surface area contributed by atoms with Crippen molar-refractivity contribution in [1.29, 1.82) is 0 Å². The Bertz CT molecular complexity index is 1010. The van der Waals surface area contributed by atoms with Crippen LogP contribution in [0.15, 0.2) is 30.3 Å². The third-order valence-corrected chi connectivity index (χ3v) is 7.95. The molecule has 2 N–H and O–H groups in total. The first kappa shape index (κ1) is 22.1. The van der Waals surface area contributed by atoms with Gasteiger partial charge in [0.15, 0.2) is 5.69 Å². The molecule has 3 heterocycles. The summed E-state index contributed by atoms with van der Waals surface area (Å²) >= 11 is 0. The molecule has 7 nitrogen and oxygen atoms in total. The summed E-state index contributed by atoms with van der Waals surface area (Å²) in [6.07, 6.45) is 7.02. The minimum atomic E-state index is -0.538. The van der Waals surface area contributed by atoms with Gasteiger partial charge in [0.2, 0.25) is 5.91 Å². The number of benzene rings is 1. The highest BCUT2D eigenvalue weighted by molar-refractivity contribution is 5.93. The number of carbonyl (C=O) groups excluding carboxylic acids is 2. The van der Waals surface area contributed by atoms with Crippen LogP contribution in [0.2, 0.25) is 0 Å². The summed E-state index contributed by atoms with van der Waals surface area (Å²) in [4.78, 5) is 32.6. The summed E-state index contributed by atoms with van der Waals surface area (Å²) < 4.78 is 7.73. The van der Waals surface area contributed by atoms with E-state index in [1.165, 1.54) is 32.1 Å². The first-order valence-corrected chi connectivity index (χ1v) is 12.4. The van der Waals surface area contributed by atoms with Gasteiger partial charge in [0.1, 0.15) is 5.82 Å². The van der Waals surface area contributed by atoms with E-state index in [0.717, 1.165) is 23.5 Å². The Hall–Kier alpha value is -2.67. The zero-order chi connectivity index (χ0) is 22.9. The maximum Gasteiger partial charge on any atom is 0.269 e. The van der Waals surface area contributed by atoms with E-state index in [4.69, 9.17) is 15.5 Å². The molecule has 1 saturated carbocycles. The van der Waals surface area contributed by atoms with Gasteiger partial charge in [-0.25, -0.2) is 4.98 Å². The van der Waals surface area contributed by atoms with Gasteiger partial charge in [0, 0.05) is 18.7 Å². The van der Waals surface area contributed by atoms with Crippen molar-refractivity contribution in [2.24, 2.45) is 23.5 Å². The highest BCUT2D eigenvalue weighted by Gasteiger charge is 2.41. The summed E-state index contributed by atoms with van der Waals surface area (Å²) in [6.45, 7) is 4.43. The van der Waals surface area contributed by atoms with Crippen molar-refractivity contribution in [3.63, 3.8) is 0 Å². The molecule has 1 aromatic carbocycles. The zero-order valence-corrected chi connectivity index (χ0v) is 19.4. The number of nitrogens with two attached hydrogens (primary N) is 1. The van der Waals surface area contributed by atoms with Crippen LogP contribution in [0.1, 0.15) is 67.7 Å². The van der Waals surface area contributed by atoms with Gasteiger partial charge >= 0.3 is 0 Å². The first-order valence-electron chi connectivity index (χ1n) is 12.4. The van der Waals surface area contributed by atoms with E-state index < -0.39 is 5.91 Å². The molecule has 2 fully saturated rings. The number of aromatic nitrogens is 2. The normalized spacial score (nSPS) is 24.5. The second kappa shape index (κ2) is 9.29. The van der Waals surface area contributed by atoms with Crippen molar-refractivity contribution in [1.82, 2.24) is 14.5 Å². The van der Waals surface area contributed by atoms with Crippen molar-refractivity contribution in [2.45, 2.75) is 58.0 Å². The second-order valence-electron chi connectivity index (χ2n) is 9.93. The molecular formula is C26H34N4O3. The number of hydrogen-bond acceptors (Lipinski definition) is 4. The average Bonchev–Trinajstić information content (AvgIpc) is 3.52. The minimum absolute atomic E-state index is 0.0546. The van der Waals surface area contributed by atoms with Crippen LogP contribution in [-0.2, 0) is 16.1 Å². The number of primary amides is 1. The van der Waals surface area contributed by atoms with Crippen molar-refractivity contribution in [3.8, 4) is 11.4 Å². The maximum absolute atomic E-state index is 13.4. The molecule has 1 aliphatic carbocycles.